The van der Waals surface area contributed by atoms with Gasteiger partial charge in [-0.3, -0.25) is 4.79 Å². The van der Waals surface area contributed by atoms with Crippen molar-refractivity contribution < 1.29 is 12.8 Å². The van der Waals surface area contributed by atoms with Crippen molar-refractivity contribution in [1.82, 2.24) is 14.8 Å². The molecule has 0 fully saturated rings. The zero-order chi connectivity index (χ0) is 16.6. The molecular weight excluding hydrogens is 338 g/mol. The van der Waals surface area contributed by atoms with Crippen LogP contribution in [0.5, 0.6) is 0 Å². The molecule has 0 atom stereocenters. The van der Waals surface area contributed by atoms with E-state index in [0.29, 0.717) is 22.2 Å². The van der Waals surface area contributed by atoms with Gasteiger partial charge in [0.15, 0.2) is 9.84 Å². The highest BCUT2D eigenvalue weighted by molar-refractivity contribution is 7.90. The Labute approximate surface area is 136 Å². The lowest BCUT2D eigenvalue weighted by molar-refractivity contribution is 0.568. The molecule has 9 heteroatoms. The van der Waals surface area contributed by atoms with Crippen molar-refractivity contribution in [3.63, 3.8) is 0 Å². The van der Waals surface area contributed by atoms with E-state index in [4.69, 9.17) is 4.42 Å². The Morgan fingerprint density at radius 3 is 2.52 bits per heavy atom. The summed E-state index contributed by atoms with van der Waals surface area (Å²) in [6.07, 6.45) is 2.61. The lowest BCUT2D eigenvalue weighted by Gasteiger charge is -1.99. The van der Waals surface area contributed by atoms with E-state index in [1.807, 2.05) is 0 Å². The Balaban J connectivity index is 1.84. The largest absolute Gasteiger partial charge is 0.444 e. The minimum atomic E-state index is -3.24. The maximum Gasteiger partial charge on any atom is 0.325 e. The van der Waals surface area contributed by atoms with Crippen molar-refractivity contribution in [1.29, 1.82) is 0 Å². The number of rotatable bonds is 4. The van der Waals surface area contributed by atoms with Crippen molar-refractivity contribution in [3.05, 3.63) is 50.9 Å². The van der Waals surface area contributed by atoms with Crippen LogP contribution in [-0.2, 0) is 16.4 Å². The van der Waals surface area contributed by atoms with Crippen LogP contribution in [0.3, 0.4) is 0 Å². The molecule has 0 unspecified atom stereocenters. The maximum absolute atomic E-state index is 11.7. The lowest BCUT2D eigenvalue weighted by Crippen LogP contribution is -2.15. The van der Waals surface area contributed by atoms with Crippen LogP contribution in [0.4, 0.5) is 0 Å². The molecule has 0 amide bonds. The Morgan fingerprint density at radius 2 is 1.96 bits per heavy atom. The predicted octanol–water partition coefficient (Wildman–Crippen LogP) is 1.72. The third kappa shape index (κ3) is 3.40. The van der Waals surface area contributed by atoms with Gasteiger partial charge >= 0.3 is 4.87 Å². The van der Waals surface area contributed by atoms with Gasteiger partial charge in [0.25, 0.3) is 0 Å². The SMILES string of the molecule is Cc1nn(Cc2coc(-c3ccc(S(C)(=O)=O)cc3)n2)c(=O)s1. The van der Waals surface area contributed by atoms with Crippen molar-refractivity contribution >= 4 is 21.2 Å². The Kier molecular flexibility index (Phi) is 3.90. The monoisotopic (exact) mass is 351 g/mol. The van der Waals surface area contributed by atoms with Crippen LogP contribution < -0.4 is 4.87 Å². The van der Waals surface area contributed by atoms with E-state index in [0.717, 1.165) is 17.6 Å². The smallest absolute Gasteiger partial charge is 0.325 e. The predicted molar refractivity (Wildman–Crippen MR) is 85.3 cm³/mol. The molecule has 2 heterocycles. The fraction of sp³-hybridized carbons (Fsp3) is 0.214. The van der Waals surface area contributed by atoms with Gasteiger partial charge in [0.2, 0.25) is 5.89 Å². The molecule has 0 radical (unpaired) electrons. The number of hydrogen-bond acceptors (Lipinski definition) is 7. The molecule has 0 bridgehead atoms. The van der Waals surface area contributed by atoms with Gasteiger partial charge in [-0.25, -0.2) is 18.1 Å². The van der Waals surface area contributed by atoms with Crippen molar-refractivity contribution in [3.8, 4) is 11.5 Å². The number of hydrogen-bond donors (Lipinski definition) is 0. The summed E-state index contributed by atoms with van der Waals surface area (Å²) in [7, 11) is -3.24. The summed E-state index contributed by atoms with van der Waals surface area (Å²) in [5, 5.41) is 4.79. The molecule has 23 heavy (non-hydrogen) atoms. The van der Waals surface area contributed by atoms with E-state index in [1.54, 1.807) is 19.1 Å². The molecule has 2 aromatic heterocycles. The summed E-state index contributed by atoms with van der Waals surface area (Å²) in [4.78, 5) is 16.0. The first-order valence-corrected chi connectivity index (χ1v) is 9.33. The van der Waals surface area contributed by atoms with Crippen LogP contribution in [0.1, 0.15) is 10.7 Å². The summed E-state index contributed by atoms with van der Waals surface area (Å²) in [5.74, 6) is 0.361. The normalized spacial score (nSPS) is 11.7. The average molecular weight is 351 g/mol. The number of benzene rings is 1. The highest BCUT2D eigenvalue weighted by atomic mass is 32.2. The van der Waals surface area contributed by atoms with Gasteiger partial charge in [-0.15, -0.1) is 0 Å². The first-order valence-electron chi connectivity index (χ1n) is 6.62. The standard InChI is InChI=1S/C14H13N3O4S2/c1-9-16-17(14(18)22-9)7-11-8-21-13(15-11)10-3-5-12(6-4-10)23(2,19)20/h3-6,8H,7H2,1-2H3. The Morgan fingerprint density at radius 1 is 1.26 bits per heavy atom. The Bertz CT molecular complexity index is 997. The van der Waals surface area contributed by atoms with E-state index >= 15 is 0 Å². The van der Waals surface area contributed by atoms with Crippen molar-refractivity contribution in [2.75, 3.05) is 6.26 Å². The molecule has 3 rings (SSSR count). The molecule has 0 aliphatic carbocycles. The zero-order valence-corrected chi connectivity index (χ0v) is 14.0. The van der Waals surface area contributed by atoms with Crippen LogP contribution >= 0.6 is 11.3 Å². The van der Waals surface area contributed by atoms with Gasteiger partial charge in [0.05, 0.1) is 11.4 Å². The molecule has 120 valence electrons. The van der Waals surface area contributed by atoms with Gasteiger partial charge in [0.1, 0.15) is 17.0 Å². The molecule has 0 saturated carbocycles. The van der Waals surface area contributed by atoms with Crippen LogP contribution in [-0.4, -0.2) is 29.4 Å². The number of nitrogens with zero attached hydrogens (tertiary/aromatic N) is 3. The molecular formula is C14H13N3O4S2. The number of sulfone groups is 1. The topological polar surface area (TPSA) is 95.1 Å². The van der Waals surface area contributed by atoms with E-state index in [2.05, 4.69) is 10.1 Å². The quantitative estimate of drug-likeness (QED) is 0.710. The molecule has 0 aliphatic heterocycles. The van der Waals surface area contributed by atoms with E-state index in [9.17, 15) is 13.2 Å². The van der Waals surface area contributed by atoms with Crippen LogP contribution in [0.15, 0.2) is 44.6 Å². The fourth-order valence-electron chi connectivity index (χ4n) is 2.02. The molecule has 0 aliphatic rings. The number of aromatic nitrogens is 3. The van der Waals surface area contributed by atoms with Crippen LogP contribution in [0.2, 0.25) is 0 Å². The van der Waals surface area contributed by atoms with Gasteiger partial charge in [0, 0.05) is 11.8 Å². The summed E-state index contributed by atoms with van der Waals surface area (Å²) in [6.45, 7) is 1.99. The van der Waals surface area contributed by atoms with Gasteiger partial charge in [-0.05, 0) is 31.2 Å². The van der Waals surface area contributed by atoms with E-state index < -0.39 is 9.84 Å². The Hall–Kier alpha value is -2.26. The first kappa shape index (κ1) is 15.6. The first-order chi connectivity index (χ1) is 10.8. The van der Waals surface area contributed by atoms with Crippen LogP contribution in [0, 0.1) is 6.92 Å². The second-order valence-electron chi connectivity index (χ2n) is 4.99. The molecule has 1 aromatic carbocycles. The van der Waals surface area contributed by atoms with Crippen molar-refractivity contribution in [2.45, 2.75) is 18.4 Å². The third-order valence-corrected chi connectivity index (χ3v) is 4.99. The minimum absolute atomic E-state index is 0.149. The van der Waals surface area contributed by atoms with Gasteiger partial charge < -0.3 is 4.42 Å². The second-order valence-corrected chi connectivity index (χ2v) is 8.15. The average Bonchev–Trinajstić information content (AvgIpc) is 3.06. The van der Waals surface area contributed by atoms with E-state index in [1.165, 1.54) is 23.1 Å². The van der Waals surface area contributed by atoms with Crippen LogP contribution in [0.25, 0.3) is 11.5 Å². The summed E-state index contributed by atoms with van der Waals surface area (Å²) >= 11 is 1.08. The van der Waals surface area contributed by atoms with E-state index in [-0.39, 0.29) is 16.3 Å². The summed E-state index contributed by atoms with van der Waals surface area (Å²) in [5.41, 5.74) is 1.23. The lowest BCUT2D eigenvalue weighted by atomic mass is 10.2. The molecule has 0 saturated heterocycles. The minimum Gasteiger partial charge on any atom is -0.444 e. The second kappa shape index (κ2) is 5.74. The summed E-state index contributed by atoms with van der Waals surface area (Å²) in [6, 6.07) is 6.27. The molecule has 0 spiro atoms. The van der Waals surface area contributed by atoms with Gasteiger partial charge in [-0.2, -0.15) is 5.10 Å². The number of oxazole rings is 1. The highest BCUT2D eigenvalue weighted by Crippen LogP contribution is 2.21. The van der Waals surface area contributed by atoms with Crippen molar-refractivity contribution in [2.24, 2.45) is 0 Å². The molecule has 7 nitrogen and oxygen atoms in total. The summed E-state index contributed by atoms with van der Waals surface area (Å²) < 4.78 is 29.6. The van der Waals surface area contributed by atoms with Gasteiger partial charge in [-0.1, -0.05) is 11.3 Å². The maximum atomic E-state index is 11.7. The highest BCUT2D eigenvalue weighted by Gasteiger charge is 2.12. The molecule has 0 N–H and O–H groups in total. The molecule has 3 aromatic rings. The zero-order valence-electron chi connectivity index (χ0n) is 12.4. The fourth-order valence-corrected chi connectivity index (χ4v) is 3.25. The third-order valence-electron chi connectivity index (χ3n) is 3.10. The number of aryl methyl sites for hydroxylation is 1.